The van der Waals surface area contributed by atoms with Crippen molar-refractivity contribution in [3.8, 4) is 0 Å². The average molecular weight is 500 g/mol. The number of aryl methyl sites for hydroxylation is 1. The highest BCUT2D eigenvalue weighted by molar-refractivity contribution is 7.16. The second-order valence-electron chi connectivity index (χ2n) is 9.17. The number of benzene rings is 2. The highest BCUT2D eigenvalue weighted by Crippen LogP contribution is 2.46. The standard InChI is InChI=1S/C30H29NO2S2/c1-20-17-34-18-26(20)30(22-4-2-5-22)29(24-12-14-28-27(16-24)31-19-35-28)23-10-7-21(8-11-23)9-13-25(33)6-3-15-32/h7-14,16-19,22,32H,2-6,15H2,1H3/b13-9+,30-29+. The van der Waals surface area contributed by atoms with Crippen LogP contribution in [0.5, 0.6) is 0 Å². The first-order valence-corrected chi connectivity index (χ1v) is 14.0. The molecule has 1 saturated carbocycles. The van der Waals surface area contributed by atoms with Gasteiger partial charge in [0, 0.05) is 13.0 Å². The quantitative estimate of drug-likeness (QED) is 0.239. The van der Waals surface area contributed by atoms with Gasteiger partial charge in [0.25, 0.3) is 0 Å². The van der Waals surface area contributed by atoms with Crippen molar-refractivity contribution in [3.63, 3.8) is 0 Å². The summed E-state index contributed by atoms with van der Waals surface area (Å²) in [7, 11) is 0. The second kappa shape index (κ2) is 10.8. The average Bonchev–Trinajstić information content (AvgIpc) is 3.49. The van der Waals surface area contributed by atoms with E-state index in [2.05, 4.69) is 65.1 Å². The van der Waals surface area contributed by atoms with Gasteiger partial charge in [-0.2, -0.15) is 11.3 Å². The van der Waals surface area contributed by atoms with Gasteiger partial charge in [-0.3, -0.25) is 4.79 Å². The van der Waals surface area contributed by atoms with Crippen molar-refractivity contribution in [2.75, 3.05) is 6.61 Å². The van der Waals surface area contributed by atoms with Gasteiger partial charge in [-0.05, 0) is 100 Å². The Morgan fingerprint density at radius 2 is 1.91 bits per heavy atom. The Bertz CT molecular complexity index is 1390. The van der Waals surface area contributed by atoms with E-state index in [0.29, 0.717) is 18.8 Å². The minimum atomic E-state index is 0.0421. The molecule has 5 rings (SSSR count). The van der Waals surface area contributed by atoms with Gasteiger partial charge in [-0.1, -0.05) is 42.8 Å². The molecule has 0 aliphatic heterocycles. The van der Waals surface area contributed by atoms with Crippen LogP contribution in [0.2, 0.25) is 0 Å². The van der Waals surface area contributed by atoms with E-state index in [1.165, 1.54) is 57.4 Å². The van der Waals surface area contributed by atoms with E-state index >= 15 is 0 Å². The number of carbonyl (C=O) groups excluding carboxylic acids is 1. The SMILES string of the molecule is Cc1cscc1/C(=C(\c1ccc(/C=C/C(=O)CCCO)cc1)c1ccc2scnc2c1)C1CCC1. The van der Waals surface area contributed by atoms with Crippen LogP contribution in [0, 0.1) is 12.8 Å². The van der Waals surface area contributed by atoms with Gasteiger partial charge in [0.05, 0.1) is 15.7 Å². The van der Waals surface area contributed by atoms with Crippen molar-refractivity contribution >= 4 is 55.9 Å². The third-order valence-corrected chi connectivity index (χ3v) is 8.46. The van der Waals surface area contributed by atoms with Crippen molar-refractivity contribution in [1.29, 1.82) is 0 Å². The number of thiophene rings is 1. The fourth-order valence-corrected chi connectivity index (χ4v) is 6.18. The first-order valence-electron chi connectivity index (χ1n) is 12.2. The molecule has 2 heterocycles. The first-order chi connectivity index (χ1) is 17.1. The Morgan fingerprint density at radius 1 is 1.11 bits per heavy atom. The maximum atomic E-state index is 12.0. The molecule has 0 atom stereocenters. The molecule has 178 valence electrons. The van der Waals surface area contributed by atoms with Crippen molar-refractivity contribution in [2.45, 2.75) is 39.0 Å². The van der Waals surface area contributed by atoms with E-state index in [1.807, 2.05) is 11.6 Å². The van der Waals surface area contributed by atoms with E-state index in [-0.39, 0.29) is 12.4 Å². The lowest BCUT2D eigenvalue weighted by atomic mass is 9.73. The van der Waals surface area contributed by atoms with Crippen LogP contribution in [0.4, 0.5) is 0 Å². The number of thiazole rings is 1. The van der Waals surface area contributed by atoms with Crippen molar-refractivity contribution in [3.05, 3.63) is 92.6 Å². The lowest BCUT2D eigenvalue weighted by Crippen LogP contribution is -2.15. The first kappa shape index (κ1) is 23.9. The molecule has 1 aliphatic rings. The normalized spacial score (nSPS) is 14.9. The molecule has 0 amide bonds. The van der Waals surface area contributed by atoms with Gasteiger partial charge >= 0.3 is 0 Å². The number of aromatic nitrogens is 1. The van der Waals surface area contributed by atoms with Crippen molar-refractivity contribution in [2.24, 2.45) is 5.92 Å². The number of carbonyl (C=O) groups is 1. The summed E-state index contributed by atoms with van der Waals surface area (Å²) in [4.78, 5) is 16.6. The summed E-state index contributed by atoms with van der Waals surface area (Å²) in [6.07, 6.45) is 8.10. The zero-order chi connectivity index (χ0) is 24.2. The Kier molecular flexibility index (Phi) is 7.37. The van der Waals surface area contributed by atoms with Gasteiger partial charge in [0.2, 0.25) is 0 Å². The van der Waals surface area contributed by atoms with E-state index in [1.54, 1.807) is 28.7 Å². The minimum absolute atomic E-state index is 0.0421. The molecule has 1 aliphatic carbocycles. The fraction of sp³-hybridized carbons (Fsp3) is 0.267. The van der Waals surface area contributed by atoms with Crippen LogP contribution >= 0.6 is 22.7 Å². The van der Waals surface area contributed by atoms with Crippen LogP contribution in [0.1, 0.15) is 59.9 Å². The van der Waals surface area contributed by atoms with Crippen LogP contribution in [0.3, 0.4) is 0 Å². The molecule has 1 N–H and O–H groups in total. The summed E-state index contributed by atoms with van der Waals surface area (Å²) in [5.41, 5.74) is 11.8. The van der Waals surface area contributed by atoms with Crippen LogP contribution in [-0.4, -0.2) is 22.5 Å². The molecular formula is C30H29NO2S2. The van der Waals surface area contributed by atoms with Crippen LogP contribution in [0.25, 0.3) is 27.4 Å². The molecule has 1 fully saturated rings. The Labute approximate surface area is 214 Å². The van der Waals surface area contributed by atoms with Gasteiger partial charge in [-0.15, -0.1) is 11.3 Å². The highest BCUT2D eigenvalue weighted by atomic mass is 32.1. The zero-order valence-corrected chi connectivity index (χ0v) is 21.5. The van der Waals surface area contributed by atoms with Gasteiger partial charge in [0.15, 0.2) is 5.78 Å². The maximum Gasteiger partial charge on any atom is 0.155 e. The van der Waals surface area contributed by atoms with E-state index in [4.69, 9.17) is 5.11 Å². The Morgan fingerprint density at radius 3 is 2.60 bits per heavy atom. The monoisotopic (exact) mass is 499 g/mol. The Hall–Kier alpha value is -2.86. The predicted octanol–water partition coefficient (Wildman–Crippen LogP) is 7.78. The number of aliphatic hydroxyl groups excluding tert-OH is 1. The van der Waals surface area contributed by atoms with Crippen LogP contribution in [-0.2, 0) is 4.79 Å². The molecule has 0 spiro atoms. The van der Waals surface area contributed by atoms with Gasteiger partial charge < -0.3 is 5.11 Å². The third-order valence-electron chi connectivity index (χ3n) is 6.79. The van der Waals surface area contributed by atoms with Crippen LogP contribution < -0.4 is 0 Å². The lowest BCUT2D eigenvalue weighted by molar-refractivity contribution is -0.114. The summed E-state index contributed by atoms with van der Waals surface area (Å²) >= 11 is 3.45. The van der Waals surface area contributed by atoms with Crippen LogP contribution in [0.15, 0.2) is 64.8 Å². The molecule has 2 aromatic heterocycles. The molecule has 0 unspecified atom stereocenters. The fourth-order valence-electron chi connectivity index (χ4n) is 4.67. The lowest BCUT2D eigenvalue weighted by Gasteiger charge is -2.31. The van der Waals surface area contributed by atoms with Crippen molar-refractivity contribution < 1.29 is 9.90 Å². The van der Waals surface area contributed by atoms with Crippen molar-refractivity contribution in [1.82, 2.24) is 4.98 Å². The summed E-state index contributed by atoms with van der Waals surface area (Å²) in [5, 5.41) is 13.5. The number of rotatable bonds is 9. The molecule has 3 nitrogen and oxygen atoms in total. The number of hydrogen-bond donors (Lipinski definition) is 1. The Balaban J connectivity index is 1.60. The number of hydrogen-bond acceptors (Lipinski definition) is 5. The summed E-state index contributed by atoms with van der Waals surface area (Å²) in [6, 6.07) is 15.2. The second-order valence-corrected chi connectivity index (χ2v) is 10.8. The molecule has 5 heteroatoms. The summed E-state index contributed by atoms with van der Waals surface area (Å²) in [5.74, 6) is 0.605. The minimum Gasteiger partial charge on any atom is -0.396 e. The van der Waals surface area contributed by atoms with E-state index < -0.39 is 0 Å². The summed E-state index contributed by atoms with van der Waals surface area (Å²) in [6.45, 7) is 2.26. The maximum absolute atomic E-state index is 12.0. The van der Waals surface area contributed by atoms with Gasteiger partial charge in [-0.25, -0.2) is 4.98 Å². The largest absolute Gasteiger partial charge is 0.396 e. The highest BCUT2D eigenvalue weighted by Gasteiger charge is 2.28. The molecule has 0 bridgehead atoms. The molecule has 0 radical (unpaired) electrons. The number of allylic oxidation sites excluding steroid dienone is 2. The molecular weight excluding hydrogens is 470 g/mol. The topological polar surface area (TPSA) is 50.2 Å². The number of fused-ring (bicyclic) bond motifs is 1. The molecule has 0 saturated heterocycles. The third kappa shape index (κ3) is 5.22. The predicted molar refractivity (Wildman–Crippen MR) is 149 cm³/mol. The van der Waals surface area contributed by atoms with Gasteiger partial charge in [0.1, 0.15) is 0 Å². The summed E-state index contributed by atoms with van der Waals surface area (Å²) < 4.78 is 1.20. The van der Waals surface area contributed by atoms with E-state index in [9.17, 15) is 4.79 Å². The number of aliphatic hydroxyl groups is 1. The molecule has 4 aromatic rings. The smallest absolute Gasteiger partial charge is 0.155 e. The molecule has 35 heavy (non-hydrogen) atoms. The van der Waals surface area contributed by atoms with E-state index in [0.717, 1.165) is 11.1 Å². The number of ketones is 1. The molecule has 2 aromatic carbocycles. The zero-order valence-electron chi connectivity index (χ0n) is 19.9. The number of nitrogens with zero attached hydrogens (tertiary/aromatic N) is 1.